The Morgan fingerprint density at radius 3 is 2.27 bits per heavy atom. The molecule has 0 aliphatic carbocycles. The maximum atomic E-state index is 13.4. The molecule has 2 aliphatic heterocycles. The van der Waals surface area contributed by atoms with Crippen molar-refractivity contribution in [2.24, 2.45) is 0 Å². The summed E-state index contributed by atoms with van der Waals surface area (Å²) in [5, 5.41) is 11.9. The first-order valence-corrected chi connectivity index (χ1v) is 19.1. The van der Waals surface area contributed by atoms with Gasteiger partial charge in [-0.3, -0.25) is 13.8 Å². The average molecular weight is 567 g/mol. The molecule has 1 fully saturated rings. The van der Waals surface area contributed by atoms with Crippen LogP contribution in [0.4, 0.5) is 22.7 Å². The van der Waals surface area contributed by atoms with Crippen molar-refractivity contribution < 1.29 is 26.7 Å². The summed E-state index contributed by atoms with van der Waals surface area (Å²) in [6.07, 6.45) is 1.78. The van der Waals surface area contributed by atoms with Crippen LogP contribution in [0.25, 0.3) is 0 Å². The molecule has 2 aromatic carbocycles. The van der Waals surface area contributed by atoms with Gasteiger partial charge < -0.3 is 15.3 Å². The lowest BCUT2D eigenvalue weighted by atomic mass is 10.1. The second-order valence-corrected chi connectivity index (χ2v) is 19.5. The molecule has 0 radical (unpaired) electrons. The molecule has 10 nitrogen and oxygen atoms in total. The maximum Gasteiger partial charge on any atom is 0.257 e. The summed E-state index contributed by atoms with van der Waals surface area (Å²) in [5.41, 5.74) is 3.30. The zero-order valence-electron chi connectivity index (χ0n) is 21.3. The van der Waals surface area contributed by atoms with Crippen LogP contribution in [0.15, 0.2) is 36.4 Å². The number of nitrogens with one attached hydrogen (secondary N) is 2. The van der Waals surface area contributed by atoms with Crippen molar-refractivity contribution in [3.05, 3.63) is 47.5 Å². The van der Waals surface area contributed by atoms with Crippen LogP contribution >= 0.6 is 0 Å². The molecule has 3 N–H and O–H groups in total. The molecule has 0 aromatic heterocycles. The molecule has 2 aromatic rings. The molecule has 2 heterocycles. The molecule has 0 atom stereocenters. The van der Waals surface area contributed by atoms with Gasteiger partial charge in [0.1, 0.15) is 0 Å². The summed E-state index contributed by atoms with van der Waals surface area (Å²) in [6, 6.07) is 12.2. The third-order valence-corrected chi connectivity index (χ3v) is 12.5. The van der Waals surface area contributed by atoms with Gasteiger partial charge in [0.05, 0.1) is 49.3 Å². The molecule has 0 saturated carbocycles. The van der Waals surface area contributed by atoms with Crippen LogP contribution in [-0.4, -0.2) is 74.2 Å². The first-order chi connectivity index (χ1) is 17.3. The fraction of sp³-hybridized carbons (Fsp3) is 0.458. The number of fused-ring (bicyclic) bond motifs is 1. The van der Waals surface area contributed by atoms with Crippen molar-refractivity contribution in [1.82, 2.24) is 0 Å². The second-order valence-electron chi connectivity index (χ2n) is 10.4. The molecular formula is C24H34N4O6S2Si. The Labute approximate surface area is 219 Å². The van der Waals surface area contributed by atoms with E-state index >= 15 is 0 Å². The number of hydrogen-bond acceptors (Lipinski definition) is 7. The Morgan fingerprint density at radius 1 is 0.973 bits per heavy atom. The minimum Gasteiger partial charge on any atom is -0.395 e. The number of amides is 1. The van der Waals surface area contributed by atoms with E-state index in [-0.39, 0.29) is 5.91 Å². The van der Waals surface area contributed by atoms with E-state index in [1.807, 2.05) is 6.07 Å². The number of rotatable bonds is 8. The molecule has 2 aliphatic rings. The second kappa shape index (κ2) is 10.3. The van der Waals surface area contributed by atoms with Crippen LogP contribution in [-0.2, 0) is 26.5 Å². The molecule has 1 amide bonds. The summed E-state index contributed by atoms with van der Waals surface area (Å²) < 4.78 is 52.6. The smallest absolute Gasteiger partial charge is 0.257 e. The van der Waals surface area contributed by atoms with Gasteiger partial charge in [0, 0.05) is 25.3 Å². The van der Waals surface area contributed by atoms with Gasteiger partial charge in [0.2, 0.25) is 20.0 Å². The number of hydrogen-bond donors (Lipinski definition) is 3. The van der Waals surface area contributed by atoms with E-state index in [0.29, 0.717) is 41.3 Å². The minimum atomic E-state index is -3.72. The molecule has 1 saturated heterocycles. The van der Waals surface area contributed by atoms with Crippen LogP contribution in [0.1, 0.15) is 15.9 Å². The number of nitrogens with zero attached hydrogens (tertiary/aromatic N) is 2. The molecule has 4 rings (SSSR count). The fourth-order valence-electron chi connectivity index (χ4n) is 4.72. The summed E-state index contributed by atoms with van der Waals surface area (Å²) in [6.45, 7) is 6.10. The topological polar surface area (TPSA) is 136 Å². The summed E-state index contributed by atoms with van der Waals surface area (Å²) in [4.78, 5) is 15.6. The fourth-order valence-corrected chi connectivity index (χ4v) is 8.50. The van der Waals surface area contributed by atoms with E-state index in [1.165, 1.54) is 16.6 Å². The average Bonchev–Trinajstić information content (AvgIpc) is 3.22. The SMILES string of the molecule is C[Si]1(C)CCN(c2cc(NS(=O)(=O)CCO)ccc2C(=O)Nc2ccc3c(c2)N(S(C)(=O)=O)CC3)CC1. The van der Waals surface area contributed by atoms with Crippen LogP contribution in [0.3, 0.4) is 0 Å². The molecule has 37 heavy (non-hydrogen) atoms. The highest BCUT2D eigenvalue weighted by Gasteiger charge is 2.30. The lowest BCUT2D eigenvalue weighted by molar-refractivity contribution is 0.102. The Balaban J connectivity index is 1.64. The van der Waals surface area contributed by atoms with Crippen molar-refractivity contribution in [3.63, 3.8) is 0 Å². The summed E-state index contributed by atoms with van der Waals surface area (Å²) >= 11 is 0. The lowest BCUT2D eigenvalue weighted by Crippen LogP contribution is -2.43. The molecule has 0 unspecified atom stereocenters. The third kappa shape index (κ3) is 6.45. The van der Waals surface area contributed by atoms with E-state index in [0.717, 1.165) is 30.7 Å². The predicted octanol–water partition coefficient (Wildman–Crippen LogP) is 2.52. The Hall–Kier alpha value is -2.61. The zero-order valence-corrected chi connectivity index (χ0v) is 24.0. The van der Waals surface area contributed by atoms with Crippen molar-refractivity contribution in [2.45, 2.75) is 31.6 Å². The first-order valence-electron chi connectivity index (χ1n) is 12.2. The van der Waals surface area contributed by atoms with Gasteiger partial charge >= 0.3 is 0 Å². The van der Waals surface area contributed by atoms with E-state index in [9.17, 15) is 21.6 Å². The standard InChI is InChI=1S/C24H34N4O6S2Si/c1-35(31,32)28-9-8-18-4-5-19(16-22(18)28)25-24(30)21-7-6-20(26-36(33,34)13-12-29)17-23(21)27-10-14-37(2,3)15-11-27/h4-7,16-17,26,29H,8-15H2,1-3H3,(H,25,30). The van der Waals surface area contributed by atoms with Gasteiger partial charge in [-0.2, -0.15) is 0 Å². The van der Waals surface area contributed by atoms with Crippen molar-refractivity contribution >= 4 is 56.8 Å². The van der Waals surface area contributed by atoms with Gasteiger partial charge in [0.15, 0.2) is 0 Å². The van der Waals surface area contributed by atoms with Crippen LogP contribution in [0.5, 0.6) is 0 Å². The number of carbonyl (C=O) groups is 1. The molecule has 0 bridgehead atoms. The van der Waals surface area contributed by atoms with Crippen molar-refractivity contribution in [1.29, 1.82) is 0 Å². The zero-order chi connectivity index (χ0) is 27.0. The monoisotopic (exact) mass is 566 g/mol. The van der Waals surface area contributed by atoms with Gasteiger partial charge in [-0.05, 0) is 54.4 Å². The highest BCUT2D eigenvalue weighted by Crippen LogP contribution is 2.34. The predicted molar refractivity (Wildman–Crippen MR) is 151 cm³/mol. The first kappa shape index (κ1) is 27.4. The van der Waals surface area contributed by atoms with E-state index in [1.54, 1.807) is 24.3 Å². The van der Waals surface area contributed by atoms with Gasteiger partial charge in [-0.25, -0.2) is 16.8 Å². The largest absolute Gasteiger partial charge is 0.395 e. The summed E-state index contributed by atoms with van der Waals surface area (Å²) in [5.74, 6) is -0.789. The molecule has 0 spiro atoms. The highest BCUT2D eigenvalue weighted by molar-refractivity contribution is 7.92. The number of aliphatic hydroxyl groups is 1. The quantitative estimate of drug-likeness (QED) is 0.418. The number of sulfonamides is 2. The highest BCUT2D eigenvalue weighted by atomic mass is 32.2. The van der Waals surface area contributed by atoms with Crippen LogP contribution in [0, 0.1) is 0 Å². The number of benzene rings is 2. The van der Waals surface area contributed by atoms with Crippen molar-refractivity contribution in [3.8, 4) is 0 Å². The Bertz CT molecular complexity index is 1400. The number of anilines is 4. The van der Waals surface area contributed by atoms with Gasteiger partial charge in [-0.1, -0.05) is 19.2 Å². The van der Waals surface area contributed by atoms with Gasteiger partial charge in [0.25, 0.3) is 5.91 Å². The number of carbonyl (C=O) groups excluding carboxylic acids is 1. The Morgan fingerprint density at radius 2 is 1.62 bits per heavy atom. The molecule has 13 heteroatoms. The minimum absolute atomic E-state index is 0.323. The van der Waals surface area contributed by atoms with E-state index < -0.39 is 40.5 Å². The number of aliphatic hydroxyl groups excluding tert-OH is 1. The van der Waals surface area contributed by atoms with E-state index in [4.69, 9.17) is 5.11 Å². The van der Waals surface area contributed by atoms with E-state index in [2.05, 4.69) is 28.0 Å². The van der Waals surface area contributed by atoms with Crippen LogP contribution in [0.2, 0.25) is 25.2 Å². The maximum absolute atomic E-state index is 13.4. The van der Waals surface area contributed by atoms with Crippen molar-refractivity contribution in [2.75, 3.05) is 57.5 Å². The van der Waals surface area contributed by atoms with Gasteiger partial charge in [-0.15, -0.1) is 0 Å². The Kier molecular flexibility index (Phi) is 7.61. The third-order valence-electron chi connectivity index (χ3n) is 6.93. The lowest BCUT2D eigenvalue weighted by Gasteiger charge is -2.38. The normalized spacial score (nSPS) is 17.4. The molecule has 202 valence electrons. The van der Waals surface area contributed by atoms with Crippen LogP contribution < -0.4 is 19.2 Å². The molecular weight excluding hydrogens is 533 g/mol. The summed E-state index contributed by atoms with van der Waals surface area (Å²) in [7, 11) is -8.44.